The molecule has 3 atom stereocenters. The number of ether oxygens (including phenoxy) is 1. The first-order valence-electron chi connectivity index (χ1n) is 7.09. The number of nitrogens with zero attached hydrogens (tertiary/aromatic N) is 2. The number of hydrogen-bond acceptors (Lipinski definition) is 8. The van der Waals surface area contributed by atoms with Gasteiger partial charge in [0.15, 0.2) is 23.3 Å². The number of nitro benzene ring substituents is 1. The van der Waals surface area contributed by atoms with Gasteiger partial charge in [-0.25, -0.2) is 4.79 Å². The predicted octanol–water partition coefficient (Wildman–Crippen LogP) is -0.334. The fourth-order valence-electron chi connectivity index (χ4n) is 2.58. The molecule has 0 spiro atoms. The maximum absolute atomic E-state index is 12.2. The number of carbonyl (C=O) groups excluding carboxylic acids is 2. The largest absolute Gasteiger partial charge is 0.614 e. The highest BCUT2D eigenvalue weighted by Gasteiger charge is 2.59. The summed E-state index contributed by atoms with van der Waals surface area (Å²) in [5.74, 6) is -2.36. The van der Waals surface area contributed by atoms with Crippen LogP contribution in [0.15, 0.2) is 35.7 Å². The first-order chi connectivity index (χ1) is 11.8. The van der Waals surface area contributed by atoms with Crippen molar-refractivity contribution in [3.05, 3.63) is 51.4 Å². The topological polar surface area (TPSA) is 159 Å². The maximum Gasteiger partial charge on any atom is 0.359 e. The summed E-state index contributed by atoms with van der Waals surface area (Å²) in [6.07, 6.45) is 0. The molecule has 0 aliphatic carbocycles. The molecule has 11 heteroatoms. The third-order valence-electron chi connectivity index (χ3n) is 3.86. The Hall–Kier alpha value is -2.63. The number of benzene rings is 1. The number of rotatable bonds is 4. The molecule has 3 N–H and O–H groups in total. The summed E-state index contributed by atoms with van der Waals surface area (Å²) in [5, 5.41) is 19.6. The van der Waals surface area contributed by atoms with E-state index in [9.17, 15) is 29.4 Å². The molecule has 2 unspecified atom stereocenters. The first kappa shape index (κ1) is 17.2. The highest BCUT2D eigenvalue weighted by molar-refractivity contribution is 7.92. The van der Waals surface area contributed by atoms with Gasteiger partial charge in [0.1, 0.15) is 6.61 Å². The van der Waals surface area contributed by atoms with E-state index in [4.69, 9.17) is 10.5 Å². The summed E-state index contributed by atoms with van der Waals surface area (Å²) in [6.45, 7) is -0.213. The van der Waals surface area contributed by atoms with Crippen LogP contribution in [0.25, 0.3) is 0 Å². The average Bonchev–Trinajstić information content (AvgIpc) is 2.58. The van der Waals surface area contributed by atoms with Crippen molar-refractivity contribution in [2.45, 2.75) is 18.0 Å². The van der Waals surface area contributed by atoms with Crippen molar-refractivity contribution in [3.63, 3.8) is 0 Å². The van der Waals surface area contributed by atoms with E-state index in [0.29, 0.717) is 5.56 Å². The molecule has 0 saturated carbocycles. The molecule has 2 aliphatic rings. The van der Waals surface area contributed by atoms with E-state index in [0.717, 1.165) is 4.90 Å². The summed E-state index contributed by atoms with van der Waals surface area (Å²) < 4.78 is 16.9. The summed E-state index contributed by atoms with van der Waals surface area (Å²) in [6, 6.07) is 4.38. The molecule has 1 amide bonds. The van der Waals surface area contributed by atoms with Gasteiger partial charge >= 0.3 is 5.97 Å². The number of β-lactam (4-membered cyclic amide) rings is 1. The van der Waals surface area contributed by atoms with Gasteiger partial charge in [0, 0.05) is 12.1 Å². The minimum atomic E-state index is -1.59. The zero-order chi connectivity index (χ0) is 18.3. The Labute approximate surface area is 144 Å². The lowest BCUT2D eigenvalue weighted by Gasteiger charge is -2.46. The molecule has 3 rings (SSSR count). The third kappa shape index (κ3) is 2.92. The molecule has 1 fully saturated rings. The van der Waals surface area contributed by atoms with Gasteiger partial charge in [-0.1, -0.05) is 0 Å². The standard InChI is InChI=1S/C14H13N3O7S/c15-10-12(19)16-11(9(18)6-25(23)13(10)16)14(20)24-5-7-1-3-8(4-2-7)17(21)22/h1-4,10,13,18H,5-6,15H2/t10?,13-,25?/m0/s1. The fraction of sp³-hybridized carbons (Fsp3) is 0.286. The van der Waals surface area contributed by atoms with Crippen LogP contribution in [0.1, 0.15) is 5.56 Å². The molecule has 25 heavy (non-hydrogen) atoms. The number of fused-ring (bicyclic) bond motifs is 1. The van der Waals surface area contributed by atoms with Crippen molar-refractivity contribution in [2.75, 3.05) is 5.75 Å². The maximum atomic E-state index is 12.2. The molecular weight excluding hydrogens is 354 g/mol. The van der Waals surface area contributed by atoms with Crippen molar-refractivity contribution < 1.29 is 28.9 Å². The number of aliphatic hydroxyl groups excluding tert-OH is 1. The number of non-ortho nitro benzene ring substituents is 1. The van der Waals surface area contributed by atoms with Crippen molar-refractivity contribution in [2.24, 2.45) is 5.73 Å². The molecule has 132 valence electrons. The van der Waals surface area contributed by atoms with E-state index in [1.54, 1.807) is 0 Å². The predicted molar refractivity (Wildman–Crippen MR) is 84.2 cm³/mol. The molecule has 2 heterocycles. The minimum Gasteiger partial charge on any atom is -0.614 e. The molecule has 10 nitrogen and oxygen atoms in total. The van der Waals surface area contributed by atoms with Crippen molar-refractivity contribution in [1.82, 2.24) is 4.90 Å². The van der Waals surface area contributed by atoms with Gasteiger partial charge in [0.2, 0.25) is 5.37 Å². The van der Waals surface area contributed by atoms with Crippen molar-refractivity contribution in [3.8, 4) is 0 Å². The number of hydrogen-bond donors (Lipinski definition) is 2. The van der Waals surface area contributed by atoms with Crippen LogP contribution >= 0.6 is 0 Å². The lowest BCUT2D eigenvalue weighted by atomic mass is 10.1. The van der Waals surface area contributed by atoms with Crippen LogP contribution in [0.5, 0.6) is 0 Å². The summed E-state index contributed by atoms with van der Waals surface area (Å²) in [4.78, 5) is 35.0. The minimum absolute atomic E-state index is 0.104. The van der Waals surface area contributed by atoms with Crippen molar-refractivity contribution >= 4 is 28.7 Å². The monoisotopic (exact) mass is 367 g/mol. The normalized spacial score (nSPS) is 25.3. The second-order valence-corrected chi connectivity index (χ2v) is 6.98. The molecule has 0 bridgehead atoms. The summed E-state index contributed by atoms with van der Waals surface area (Å²) >= 11 is -1.59. The number of carbonyl (C=O) groups is 2. The zero-order valence-electron chi connectivity index (χ0n) is 12.7. The smallest absolute Gasteiger partial charge is 0.359 e. The Morgan fingerprint density at radius 3 is 2.68 bits per heavy atom. The van der Waals surface area contributed by atoms with E-state index in [1.165, 1.54) is 24.3 Å². The quantitative estimate of drug-likeness (QED) is 0.240. The fourth-order valence-corrected chi connectivity index (χ4v) is 4.04. The number of aliphatic hydroxyl groups is 1. The summed E-state index contributed by atoms with van der Waals surface area (Å²) in [5.41, 5.74) is 5.60. The molecule has 2 aliphatic heterocycles. The molecule has 0 radical (unpaired) electrons. The molecule has 0 aromatic heterocycles. The van der Waals surface area contributed by atoms with E-state index < -0.39 is 45.2 Å². The van der Waals surface area contributed by atoms with Gasteiger partial charge in [-0.05, 0) is 28.9 Å². The average molecular weight is 367 g/mol. The van der Waals surface area contributed by atoms with Gasteiger partial charge in [-0.15, -0.1) is 0 Å². The van der Waals surface area contributed by atoms with Crippen LogP contribution in [0.4, 0.5) is 5.69 Å². The molecular formula is C14H13N3O7S. The number of amides is 1. The second kappa shape index (κ2) is 6.35. The Morgan fingerprint density at radius 2 is 2.08 bits per heavy atom. The van der Waals surface area contributed by atoms with Crippen LogP contribution in [-0.2, 0) is 32.1 Å². The lowest BCUT2D eigenvalue weighted by Crippen LogP contribution is -2.73. The lowest BCUT2D eigenvalue weighted by molar-refractivity contribution is -0.384. The van der Waals surface area contributed by atoms with Gasteiger partial charge in [0.05, 0.1) is 4.92 Å². The highest BCUT2D eigenvalue weighted by Crippen LogP contribution is 2.35. The molecule has 1 saturated heterocycles. The molecule has 1 aromatic carbocycles. The first-order valence-corrected chi connectivity index (χ1v) is 8.48. The van der Waals surface area contributed by atoms with E-state index in [1.807, 2.05) is 0 Å². The van der Waals surface area contributed by atoms with Crippen LogP contribution in [-0.4, -0.2) is 48.5 Å². The highest BCUT2D eigenvalue weighted by atomic mass is 32.2. The number of nitro groups is 1. The van der Waals surface area contributed by atoms with E-state index >= 15 is 0 Å². The van der Waals surface area contributed by atoms with E-state index in [-0.39, 0.29) is 23.7 Å². The van der Waals surface area contributed by atoms with Gasteiger partial charge in [0.25, 0.3) is 11.6 Å². The third-order valence-corrected chi connectivity index (χ3v) is 5.46. The SMILES string of the molecule is NC1C(=O)N2C(C(=O)OCc3ccc([N+](=O)[O-])cc3)=C(O)C[S+]([O-])[C@@H]12. The number of nitrogens with two attached hydrogens (primary N) is 1. The number of esters is 1. The second-order valence-electron chi connectivity index (χ2n) is 5.44. The van der Waals surface area contributed by atoms with Crippen LogP contribution in [0.2, 0.25) is 0 Å². The Bertz CT molecular complexity index is 779. The summed E-state index contributed by atoms with van der Waals surface area (Å²) in [7, 11) is 0. The Balaban J connectivity index is 1.71. The van der Waals surface area contributed by atoms with Crippen LogP contribution in [0.3, 0.4) is 0 Å². The van der Waals surface area contributed by atoms with Gasteiger partial charge in [-0.2, -0.15) is 0 Å². The van der Waals surface area contributed by atoms with Gasteiger partial charge in [-0.3, -0.25) is 19.8 Å². The van der Waals surface area contributed by atoms with Gasteiger partial charge < -0.3 is 20.1 Å². The van der Waals surface area contributed by atoms with Crippen LogP contribution < -0.4 is 5.73 Å². The van der Waals surface area contributed by atoms with Crippen LogP contribution in [0, 0.1) is 10.1 Å². The Morgan fingerprint density at radius 1 is 1.44 bits per heavy atom. The van der Waals surface area contributed by atoms with Crippen molar-refractivity contribution in [1.29, 1.82) is 0 Å². The zero-order valence-corrected chi connectivity index (χ0v) is 13.5. The molecule has 1 aromatic rings. The Kier molecular flexibility index (Phi) is 4.37. The van der Waals surface area contributed by atoms with E-state index in [2.05, 4.69) is 0 Å².